The molecule has 0 spiro atoms. The molecular formula is C11H17N3O3S. The van der Waals surface area contributed by atoms with E-state index in [0.717, 1.165) is 10.6 Å². The molecule has 0 saturated heterocycles. The fourth-order valence-corrected chi connectivity index (χ4v) is 2.10. The van der Waals surface area contributed by atoms with Gasteiger partial charge in [-0.25, -0.2) is 0 Å². The van der Waals surface area contributed by atoms with Gasteiger partial charge in [-0.15, -0.1) is 11.3 Å². The zero-order valence-electron chi connectivity index (χ0n) is 10.2. The van der Waals surface area contributed by atoms with Gasteiger partial charge >= 0.3 is 0 Å². The second kappa shape index (κ2) is 7.80. The minimum Gasteiger partial charge on any atom is -0.370 e. The zero-order chi connectivity index (χ0) is 13.4. The van der Waals surface area contributed by atoms with Crippen molar-refractivity contribution < 1.29 is 14.3 Å². The van der Waals surface area contributed by atoms with Gasteiger partial charge in [0.15, 0.2) is 0 Å². The van der Waals surface area contributed by atoms with Crippen molar-refractivity contribution in [3.63, 3.8) is 0 Å². The summed E-state index contributed by atoms with van der Waals surface area (Å²) in [6, 6.07) is 1.87. The highest BCUT2D eigenvalue weighted by atomic mass is 32.1. The van der Waals surface area contributed by atoms with Crippen LogP contribution in [0.25, 0.3) is 0 Å². The van der Waals surface area contributed by atoms with Gasteiger partial charge in [-0.05, 0) is 11.4 Å². The van der Waals surface area contributed by atoms with Crippen molar-refractivity contribution in [3.05, 3.63) is 16.3 Å². The first-order chi connectivity index (χ1) is 8.59. The molecule has 18 heavy (non-hydrogen) atoms. The summed E-state index contributed by atoms with van der Waals surface area (Å²) in [7, 11) is 0. The Balaban J connectivity index is 2.21. The first-order valence-electron chi connectivity index (χ1n) is 5.50. The van der Waals surface area contributed by atoms with Crippen molar-refractivity contribution in [1.82, 2.24) is 5.32 Å². The molecule has 0 aliphatic heterocycles. The highest BCUT2D eigenvalue weighted by molar-refractivity contribution is 7.10. The lowest BCUT2D eigenvalue weighted by molar-refractivity contribution is -0.122. The lowest BCUT2D eigenvalue weighted by Crippen LogP contribution is -2.23. The van der Waals surface area contributed by atoms with Gasteiger partial charge < -0.3 is 21.1 Å². The van der Waals surface area contributed by atoms with Crippen LogP contribution < -0.4 is 16.4 Å². The van der Waals surface area contributed by atoms with Crippen LogP contribution in [0.15, 0.2) is 11.4 Å². The molecule has 0 unspecified atom stereocenters. The number of thiophene rings is 1. The molecule has 0 atom stereocenters. The Morgan fingerprint density at radius 3 is 2.94 bits per heavy atom. The van der Waals surface area contributed by atoms with E-state index in [2.05, 4.69) is 10.6 Å². The Morgan fingerprint density at radius 2 is 2.28 bits per heavy atom. The lowest BCUT2D eigenvalue weighted by atomic mass is 10.3. The number of rotatable bonds is 8. The SMILES string of the molecule is CC(=O)Nc1ccsc1CNCCOCC(N)=O. The monoisotopic (exact) mass is 271 g/mol. The average Bonchev–Trinajstić information content (AvgIpc) is 2.69. The third-order valence-corrected chi connectivity index (χ3v) is 2.93. The minimum absolute atomic E-state index is 0.0577. The van der Waals surface area contributed by atoms with Crippen LogP contribution in [0, 0.1) is 0 Å². The summed E-state index contributed by atoms with van der Waals surface area (Å²) in [6.07, 6.45) is 0. The maximum Gasteiger partial charge on any atom is 0.243 e. The Morgan fingerprint density at radius 1 is 1.50 bits per heavy atom. The van der Waals surface area contributed by atoms with Crippen LogP contribution in [0.2, 0.25) is 0 Å². The zero-order valence-corrected chi connectivity index (χ0v) is 11.0. The Labute approximate surface area is 110 Å². The molecule has 1 rings (SSSR count). The number of hydrogen-bond donors (Lipinski definition) is 3. The van der Waals surface area contributed by atoms with Gasteiger partial charge in [0.2, 0.25) is 11.8 Å². The number of primary amides is 1. The summed E-state index contributed by atoms with van der Waals surface area (Å²) in [5, 5.41) is 7.84. The Kier molecular flexibility index (Phi) is 6.34. The second-order valence-corrected chi connectivity index (χ2v) is 4.63. The smallest absolute Gasteiger partial charge is 0.243 e. The van der Waals surface area contributed by atoms with Gasteiger partial charge in [0.25, 0.3) is 0 Å². The van der Waals surface area contributed by atoms with E-state index in [1.807, 2.05) is 11.4 Å². The highest BCUT2D eigenvalue weighted by Crippen LogP contribution is 2.21. The summed E-state index contributed by atoms with van der Waals surface area (Å²) in [5.74, 6) is -0.555. The molecule has 1 heterocycles. The molecule has 4 N–H and O–H groups in total. The van der Waals surface area contributed by atoms with Crippen molar-refractivity contribution in [3.8, 4) is 0 Å². The maximum absolute atomic E-state index is 11.0. The normalized spacial score (nSPS) is 10.3. The Bertz CT molecular complexity index is 406. The fourth-order valence-electron chi connectivity index (χ4n) is 1.30. The van der Waals surface area contributed by atoms with Crippen LogP contribution in [0.5, 0.6) is 0 Å². The van der Waals surface area contributed by atoms with Crippen LogP contribution in [-0.4, -0.2) is 31.6 Å². The first-order valence-corrected chi connectivity index (χ1v) is 6.38. The van der Waals surface area contributed by atoms with Gasteiger partial charge in [0, 0.05) is 24.9 Å². The van der Waals surface area contributed by atoms with Crippen molar-refractivity contribution in [2.45, 2.75) is 13.5 Å². The van der Waals surface area contributed by atoms with Crippen LogP contribution in [0.3, 0.4) is 0 Å². The third kappa shape index (κ3) is 5.76. The van der Waals surface area contributed by atoms with Crippen molar-refractivity contribution in [1.29, 1.82) is 0 Å². The number of carbonyl (C=O) groups excluding carboxylic acids is 2. The molecule has 0 fully saturated rings. The largest absolute Gasteiger partial charge is 0.370 e. The molecule has 0 saturated carbocycles. The van der Waals surface area contributed by atoms with Gasteiger partial charge in [-0.3, -0.25) is 9.59 Å². The van der Waals surface area contributed by atoms with Gasteiger partial charge in [-0.2, -0.15) is 0 Å². The molecule has 0 bridgehead atoms. The Hall–Kier alpha value is -1.44. The van der Waals surface area contributed by atoms with Crippen molar-refractivity contribution >= 4 is 28.8 Å². The van der Waals surface area contributed by atoms with Crippen LogP contribution >= 0.6 is 11.3 Å². The minimum atomic E-state index is -0.471. The number of hydrogen-bond acceptors (Lipinski definition) is 5. The number of amides is 2. The first kappa shape index (κ1) is 14.6. The van der Waals surface area contributed by atoms with Gasteiger partial charge in [0.1, 0.15) is 6.61 Å². The van der Waals surface area contributed by atoms with E-state index >= 15 is 0 Å². The number of anilines is 1. The molecule has 2 amide bonds. The van der Waals surface area contributed by atoms with E-state index in [1.165, 1.54) is 6.92 Å². The molecule has 1 aromatic rings. The van der Waals surface area contributed by atoms with E-state index in [0.29, 0.717) is 19.7 Å². The predicted octanol–water partition coefficient (Wildman–Crippen LogP) is 0.298. The number of ether oxygens (including phenoxy) is 1. The summed E-state index contributed by atoms with van der Waals surface area (Å²) in [6.45, 7) is 3.10. The van der Waals surface area contributed by atoms with E-state index in [1.54, 1.807) is 11.3 Å². The summed E-state index contributed by atoms with van der Waals surface area (Å²) in [5.41, 5.74) is 5.76. The predicted molar refractivity (Wildman–Crippen MR) is 70.3 cm³/mol. The molecule has 6 nitrogen and oxygen atoms in total. The molecular weight excluding hydrogens is 254 g/mol. The third-order valence-electron chi connectivity index (χ3n) is 2.01. The lowest BCUT2D eigenvalue weighted by Gasteiger charge is -2.06. The van der Waals surface area contributed by atoms with E-state index < -0.39 is 5.91 Å². The van der Waals surface area contributed by atoms with Crippen LogP contribution in [0.1, 0.15) is 11.8 Å². The molecule has 100 valence electrons. The van der Waals surface area contributed by atoms with Gasteiger partial charge in [-0.1, -0.05) is 0 Å². The van der Waals surface area contributed by atoms with Gasteiger partial charge in [0.05, 0.1) is 12.3 Å². The summed E-state index contributed by atoms with van der Waals surface area (Å²) < 4.78 is 5.01. The molecule has 0 aliphatic rings. The quantitative estimate of drug-likeness (QED) is 0.593. The molecule has 0 aromatic carbocycles. The van der Waals surface area contributed by atoms with Crippen LogP contribution in [0.4, 0.5) is 5.69 Å². The molecule has 0 radical (unpaired) electrons. The topological polar surface area (TPSA) is 93.4 Å². The van der Waals surface area contributed by atoms with E-state index in [4.69, 9.17) is 10.5 Å². The second-order valence-electron chi connectivity index (χ2n) is 3.63. The number of nitrogens with two attached hydrogens (primary N) is 1. The number of nitrogens with one attached hydrogen (secondary N) is 2. The van der Waals surface area contributed by atoms with Crippen LogP contribution in [-0.2, 0) is 20.9 Å². The average molecular weight is 271 g/mol. The van der Waals surface area contributed by atoms with Crippen molar-refractivity contribution in [2.75, 3.05) is 25.1 Å². The summed E-state index contributed by atoms with van der Waals surface area (Å²) in [4.78, 5) is 22.4. The molecule has 7 heteroatoms. The number of carbonyl (C=O) groups is 2. The van der Waals surface area contributed by atoms with Crippen molar-refractivity contribution in [2.24, 2.45) is 5.73 Å². The standard InChI is InChI=1S/C11H17N3O3S/c1-8(15)14-9-2-5-18-10(9)6-13-3-4-17-7-11(12)16/h2,5,13H,3-4,6-7H2,1H3,(H2,12,16)(H,14,15). The fraction of sp³-hybridized carbons (Fsp3) is 0.455. The van der Waals surface area contributed by atoms with E-state index in [9.17, 15) is 9.59 Å². The molecule has 1 aromatic heterocycles. The van der Waals surface area contributed by atoms with E-state index in [-0.39, 0.29) is 12.5 Å². The highest BCUT2D eigenvalue weighted by Gasteiger charge is 2.04. The maximum atomic E-state index is 11.0. The summed E-state index contributed by atoms with van der Waals surface area (Å²) >= 11 is 1.57. The molecule has 0 aliphatic carbocycles.